The van der Waals surface area contributed by atoms with E-state index in [1.165, 1.54) is 0 Å². The summed E-state index contributed by atoms with van der Waals surface area (Å²) in [5.41, 5.74) is 7.73. The second kappa shape index (κ2) is 5.87. The van der Waals surface area contributed by atoms with E-state index in [1.54, 1.807) is 0 Å². The van der Waals surface area contributed by atoms with Gasteiger partial charge in [-0.1, -0.05) is 17.7 Å². The zero-order valence-electron chi connectivity index (χ0n) is 11.1. The molecule has 5 heteroatoms. The van der Waals surface area contributed by atoms with E-state index in [0.717, 1.165) is 36.1 Å². The lowest BCUT2D eigenvalue weighted by Crippen LogP contribution is -2.51. The van der Waals surface area contributed by atoms with Crippen LogP contribution in [0.4, 0.5) is 5.69 Å². The lowest BCUT2D eigenvalue weighted by molar-refractivity contribution is 0.0211. The summed E-state index contributed by atoms with van der Waals surface area (Å²) in [6, 6.07) is 7.89. The molecule has 2 aliphatic heterocycles. The Labute approximate surface area is 123 Å². The number of ether oxygens (including phenoxy) is 1. The number of halogens is 1. The Morgan fingerprint density at radius 2 is 2.10 bits per heavy atom. The summed E-state index contributed by atoms with van der Waals surface area (Å²) in [6.07, 6.45) is 6.10. The fraction of sp³-hybridized carbons (Fsp3) is 0.333. The van der Waals surface area contributed by atoms with E-state index in [2.05, 4.69) is 16.3 Å². The van der Waals surface area contributed by atoms with Crippen LogP contribution in [0.5, 0.6) is 0 Å². The highest BCUT2D eigenvalue weighted by molar-refractivity contribution is 6.30. The van der Waals surface area contributed by atoms with Crippen molar-refractivity contribution in [2.24, 2.45) is 5.73 Å². The number of hydrogen-bond acceptors (Lipinski definition) is 4. The Kier molecular flexibility index (Phi) is 3.96. The van der Waals surface area contributed by atoms with Gasteiger partial charge in [-0.05, 0) is 30.3 Å². The summed E-state index contributed by atoms with van der Waals surface area (Å²) in [7, 11) is 0. The van der Waals surface area contributed by atoms with Crippen LogP contribution in [0.1, 0.15) is 0 Å². The third kappa shape index (κ3) is 2.82. The van der Waals surface area contributed by atoms with Crippen LogP contribution in [-0.4, -0.2) is 31.8 Å². The Bertz CT molecular complexity index is 520. The third-order valence-electron chi connectivity index (χ3n) is 3.56. The summed E-state index contributed by atoms with van der Waals surface area (Å²) < 4.78 is 5.88. The summed E-state index contributed by atoms with van der Waals surface area (Å²) in [4.78, 5) is 2.14. The predicted molar refractivity (Wildman–Crippen MR) is 81.7 cm³/mol. The molecular weight excluding hydrogens is 274 g/mol. The Hall–Kier alpha value is -1.49. The average Bonchev–Trinajstić information content (AvgIpc) is 2.49. The number of nitrogens with one attached hydrogen (secondary N) is 1. The lowest BCUT2D eigenvalue weighted by atomic mass is 10.0. The molecule has 1 saturated heterocycles. The molecule has 0 aromatic heterocycles. The van der Waals surface area contributed by atoms with Crippen molar-refractivity contribution in [1.82, 2.24) is 5.32 Å². The second-order valence-electron chi connectivity index (χ2n) is 4.98. The number of nitrogens with two attached hydrogens (primary N) is 1. The topological polar surface area (TPSA) is 50.5 Å². The van der Waals surface area contributed by atoms with E-state index in [1.807, 2.05) is 36.5 Å². The molecule has 2 heterocycles. The first-order valence-corrected chi connectivity index (χ1v) is 7.13. The minimum atomic E-state index is 0.111. The molecule has 3 rings (SSSR count). The Morgan fingerprint density at radius 1 is 1.30 bits per heavy atom. The lowest BCUT2D eigenvalue weighted by Gasteiger charge is -2.38. The maximum Gasteiger partial charge on any atom is 0.0942 e. The van der Waals surface area contributed by atoms with Crippen LogP contribution in [0.25, 0.3) is 0 Å². The van der Waals surface area contributed by atoms with Crippen molar-refractivity contribution >= 4 is 17.3 Å². The van der Waals surface area contributed by atoms with Crippen LogP contribution in [0.3, 0.4) is 0 Å². The molecule has 0 saturated carbocycles. The Morgan fingerprint density at radius 3 is 2.80 bits per heavy atom. The molecule has 20 heavy (non-hydrogen) atoms. The van der Waals surface area contributed by atoms with Gasteiger partial charge in [0.2, 0.25) is 0 Å². The predicted octanol–water partition coefficient (Wildman–Crippen LogP) is 1.87. The van der Waals surface area contributed by atoms with Crippen LogP contribution in [0, 0.1) is 0 Å². The van der Waals surface area contributed by atoms with Gasteiger partial charge >= 0.3 is 0 Å². The SMILES string of the molecule is NC1=CN(c2ccc(Cl)cc2)C(C2CNCCO2)C=C1. The molecule has 2 aliphatic rings. The first-order chi connectivity index (χ1) is 9.74. The molecule has 0 bridgehead atoms. The maximum absolute atomic E-state index is 5.96. The molecule has 2 atom stereocenters. The van der Waals surface area contributed by atoms with Gasteiger partial charge in [-0.15, -0.1) is 0 Å². The Balaban J connectivity index is 1.87. The number of morpholine rings is 1. The van der Waals surface area contributed by atoms with E-state index in [4.69, 9.17) is 22.1 Å². The highest BCUT2D eigenvalue weighted by Crippen LogP contribution is 2.26. The summed E-state index contributed by atoms with van der Waals surface area (Å²) in [5, 5.41) is 4.09. The average molecular weight is 292 g/mol. The summed E-state index contributed by atoms with van der Waals surface area (Å²) in [5.74, 6) is 0. The first kappa shape index (κ1) is 13.5. The molecule has 1 aromatic rings. The van der Waals surface area contributed by atoms with Crippen LogP contribution in [0.2, 0.25) is 5.02 Å². The van der Waals surface area contributed by atoms with E-state index in [0.29, 0.717) is 0 Å². The number of allylic oxidation sites excluding steroid dienone is 1. The van der Waals surface area contributed by atoms with E-state index >= 15 is 0 Å². The molecule has 1 aromatic carbocycles. The van der Waals surface area contributed by atoms with E-state index in [9.17, 15) is 0 Å². The van der Waals surface area contributed by atoms with Gasteiger partial charge in [0.15, 0.2) is 0 Å². The van der Waals surface area contributed by atoms with Crippen molar-refractivity contribution in [3.8, 4) is 0 Å². The molecule has 0 aliphatic carbocycles. The highest BCUT2D eigenvalue weighted by atomic mass is 35.5. The van der Waals surface area contributed by atoms with Gasteiger partial charge in [-0.2, -0.15) is 0 Å². The summed E-state index contributed by atoms with van der Waals surface area (Å²) in [6.45, 7) is 2.49. The maximum atomic E-state index is 5.96. The van der Waals surface area contributed by atoms with Gasteiger partial charge in [0.1, 0.15) is 0 Å². The van der Waals surface area contributed by atoms with Crippen molar-refractivity contribution in [3.05, 3.63) is 53.3 Å². The molecule has 2 unspecified atom stereocenters. The molecule has 4 nitrogen and oxygen atoms in total. The van der Waals surface area contributed by atoms with E-state index in [-0.39, 0.29) is 12.1 Å². The quantitative estimate of drug-likeness (QED) is 0.873. The van der Waals surface area contributed by atoms with Crippen LogP contribution in [-0.2, 0) is 4.74 Å². The van der Waals surface area contributed by atoms with Crippen molar-refractivity contribution in [2.45, 2.75) is 12.1 Å². The van der Waals surface area contributed by atoms with Gasteiger partial charge in [0.25, 0.3) is 0 Å². The zero-order valence-corrected chi connectivity index (χ0v) is 11.9. The minimum absolute atomic E-state index is 0.111. The van der Waals surface area contributed by atoms with Crippen molar-refractivity contribution in [1.29, 1.82) is 0 Å². The number of benzene rings is 1. The van der Waals surface area contributed by atoms with Gasteiger partial charge in [-0.3, -0.25) is 0 Å². The molecule has 1 fully saturated rings. The number of hydrogen-bond donors (Lipinski definition) is 2. The fourth-order valence-electron chi connectivity index (χ4n) is 2.56. The number of anilines is 1. The van der Waals surface area contributed by atoms with Crippen molar-refractivity contribution < 1.29 is 4.74 Å². The third-order valence-corrected chi connectivity index (χ3v) is 3.81. The standard InChI is InChI=1S/C15H18ClN3O/c16-11-1-4-13(5-2-11)19-10-12(17)3-6-14(19)15-9-18-7-8-20-15/h1-6,10,14-15,18H,7-9,17H2. The van der Waals surface area contributed by atoms with Gasteiger partial charge < -0.3 is 20.7 Å². The van der Waals surface area contributed by atoms with Crippen LogP contribution < -0.4 is 16.0 Å². The fourth-order valence-corrected chi connectivity index (χ4v) is 2.69. The van der Waals surface area contributed by atoms with Gasteiger partial charge in [0, 0.05) is 35.7 Å². The monoisotopic (exact) mass is 291 g/mol. The molecule has 0 radical (unpaired) electrons. The smallest absolute Gasteiger partial charge is 0.0942 e. The molecule has 106 valence electrons. The molecule has 0 spiro atoms. The number of rotatable bonds is 2. The van der Waals surface area contributed by atoms with Crippen LogP contribution >= 0.6 is 11.6 Å². The first-order valence-electron chi connectivity index (χ1n) is 6.76. The largest absolute Gasteiger partial charge is 0.398 e. The molecule has 0 amide bonds. The molecular formula is C15H18ClN3O. The minimum Gasteiger partial charge on any atom is -0.398 e. The van der Waals surface area contributed by atoms with E-state index < -0.39 is 0 Å². The molecule has 3 N–H and O–H groups in total. The number of nitrogens with zero attached hydrogens (tertiary/aromatic N) is 1. The van der Waals surface area contributed by atoms with Crippen molar-refractivity contribution in [2.75, 3.05) is 24.6 Å². The van der Waals surface area contributed by atoms with Crippen molar-refractivity contribution in [3.63, 3.8) is 0 Å². The normalized spacial score (nSPS) is 26.4. The second-order valence-corrected chi connectivity index (χ2v) is 5.41. The zero-order chi connectivity index (χ0) is 13.9. The van der Waals surface area contributed by atoms with Crippen LogP contribution in [0.15, 0.2) is 48.3 Å². The highest BCUT2D eigenvalue weighted by Gasteiger charge is 2.29. The van der Waals surface area contributed by atoms with Gasteiger partial charge in [0.05, 0.1) is 18.8 Å². The summed E-state index contributed by atoms with van der Waals surface area (Å²) >= 11 is 5.96. The van der Waals surface area contributed by atoms with Gasteiger partial charge in [-0.25, -0.2) is 0 Å².